The van der Waals surface area contributed by atoms with Crippen LogP contribution >= 0.6 is 11.6 Å². The van der Waals surface area contributed by atoms with Crippen LogP contribution in [0, 0.1) is 0 Å². The molecule has 0 aromatic heterocycles. The van der Waals surface area contributed by atoms with Crippen molar-refractivity contribution in [2.75, 3.05) is 18.4 Å². The molecule has 2 aliphatic rings. The van der Waals surface area contributed by atoms with E-state index in [1.807, 2.05) is 0 Å². The highest BCUT2D eigenvalue weighted by Crippen LogP contribution is 2.25. The topological polar surface area (TPSA) is 186 Å². The summed E-state index contributed by atoms with van der Waals surface area (Å²) in [5.41, 5.74) is 2.77. The second kappa shape index (κ2) is 11.7. The minimum absolute atomic E-state index is 0.0646. The number of carboxylic acid groups (broad SMARTS) is 1. The minimum atomic E-state index is -1.32. The number of fused-ring (bicyclic) bond motifs is 1. The maximum Gasteiger partial charge on any atom is 0.358 e. The Hall–Kier alpha value is -4.20. The summed E-state index contributed by atoms with van der Waals surface area (Å²) in [5.74, 6) is -3.65. The molecule has 15 heteroatoms. The Morgan fingerprint density at radius 1 is 1.22 bits per heavy atom. The van der Waals surface area contributed by atoms with E-state index in [4.69, 9.17) is 16.7 Å². The third-order valence-electron chi connectivity index (χ3n) is 5.63. The highest BCUT2D eigenvalue weighted by atomic mass is 35.5. The van der Waals surface area contributed by atoms with Gasteiger partial charge in [0, 0.05) is 25.5 Å². The number of aliphatic carboxylic acids is 1. The third-order valence-corrected chi connectivity index (χ3v) is 5.95. The summed E-state index contributed by atoms with van der Waals surface area (Å²) >= 11 is 6.12. The van der Waals surface area contributed by atoms with Crippen molar-refractivity contribution in [1.82, 2.24) is 25.8 Å². The zero-order chi connectivity index (χ0) is 27.3. The van der Waals surface area contributed by atoms with Gasteiger partial charge in [0.05, 0.1) is 29.7 Å². The number of hydrazine groups is 2. The Morgan fingerprint density at radius 2 is 1.95 bits per heavy atom. The van der Waals surface area contributed by atoms with Gasteiger partial charge in [0.1, 0.15) is 12.3 Å². The van der Waals surface area contributed by atoms with E-state index in [9.17, 15) is 33.6 Å². The number of anilines is 1. The molecule has 0 radical (unpaired) electrons. The van der Waals surface area contributed by atoms with Gasteiger partial charge in [0.25, 0.3) is 5.91 Å². The van der Waals surface area contributed by atoms with Crippen molar-refractivity contribution in [2.45, 2.75) is 44.7 Å². The van der Waals surface area contributed by atoms with Crippen LogP contribution in [-0.2, 0) is 24.0 Å². The molecule has 0 unspecified atom stereocenters. The minimum Gasteiger partial charge on any atom is -0.481 e. The van der Waals surface area contributed by atoms with Crippen LogP contribution in [0.15, 0.2) is 18.2 Å². The Balaban J connectivity index is 1.80. The second-order valence-corrected chi connectivity index (χ2v) is 8.78. The fourth-order valence-electron chi connectivity index (χ4n) is 3.95. The number of hydrogen-bond donors (Lipinski definition) is 4. The van der Waals surface area contributed by atoms with Crippen molar-refractivity contribution in [3.63, 3.8) is 0 Å². The van der Waals surface area contributed by atoms with Crippen LogP contribution in [0.25, 0.3) is 0 Å². The summed E-state index contributed by atoms with van der Waals surface area (Å²) in [6, 6.07) is 0.692. The average Bonchev–Trinajstić information content (AvgIpc) is 2.96. The molecule has 4 N–H and O–H groups in total. The molecule has 2 saturated heterocycles. The van der Waals surface area contributed by atoms with Crippen molar-refractivity contribution in [3.8, 4) is 0 Å². The largest absolute Gasteiger partial charge is 0.481 e. The summed E-state index contributed by atoms with van der Waals surface area (Å²) < 4.78 is 0. The van der Waals surface area contributed by atoms with E-state index in [1.165, 1.54) is 25.1 Å². The SMILES string of the molecule is CC(=O)Nc1ccc(C(=O)NN2CCC(=O)N3CCC[C@@H](C(=O)N[C@H](C=O)CC(=O)O)N3C2=O)cc1Cl. The number of hydrogen-bond acceptors (Lipinski definition) is 7. The molecule has 2 atom stereocenters. The fraction of sp³-hybridized carbons (Fsp3) is 0.409. The molecule has 1 aromatic rings. The van der Waals surface area contributed by atoms with Crippen molar-refractivity contribution < 1.29 is 38.7 Å². The number of nitrogens with one attached hydrogen (secondary N) is 3. The molecule has 0 bridgehead atoms. The molecule has 2 aliphatic heterocycles. The van der Waals surface area contributed by atoms with Crippen molar-refractivity contribution in [3.05, 3.63) is 28.8 Å². The normalized spacial score (nSPS) is 18.3. The number of halogens is 1. The van der Waals surface area contributed by atoms with E-state index in [1.54, 1.807) is 0 Å². The molecular formula is C22H25ClN6O8. The third kappa shape index (κ3) is 6.52. The standard InChI is InChI=1S/C22H25ClN6O8/c1-12(31)24-16-5-4-13(9-15(16)23)20(35)26-27-8-6-18(32)28-7-2-3-17(29(28)22(27)37)21(36)25-14(11-30)10-19(33)34/h4-5,9,11,14,17H,2-3,6-8,10H2,1H3,(H,24,31)(H,25,36)(H,26,35)(H,33,34)/t14-,17-/m0/s1. The van der Waals surface area contributed by atoms with Gasteiger partial charge in [-0.15, -0.1) is 0 Å². The molecule has 6 amide bonds. The number of rotatable bonds is 8. The lowest BCUT2D eigenvalue weighted by Gasteiger charge is -2.42. The van der Waals surface area contributed by atoms with E-state index >= 15 is 0 Å². The van der Waals surface area contributed by atoms with E-state index in [0.29, 0.717) is 6.42 Å². The number of carbonyl (C=O) groups excluding carboxylic acids is 6. The summed E-state index contributed by atoms with van der Waals surface area (Å²) in [6.45, 7) is 1.27. The summed E-state index contributed by atoms with van der Waals surface area (Å²) in [5, 5.41) is 16.7. The lowest BCUT2D eigenvalue weighted by molar-refractivity contribution is -0.155. The molecule has 2 heterocycles. The summed E-state index contributed by atoms with van der Waals surface area (Å²) in [4.78, 5) is 85.3. The van der Waals surface area contributed by atoms with Gasteiger partial charge in [-0.1, -0.05) is 11.6 Å². The number of carbonyl (C=O) groups is 7. The van der Waals surface area contributed by atoms with Gasteiger partial charge in [-0.2, -0.15) is 0 Å². The average molecular weight is 537 g/mol. The Kier molecular flexibility index (Phi) is 8.65. The smallest absolute Gasteiger partial charge is 0.358 e. The maximum absolute atomic E-state index is 13.4. The van der Waals surface area contributed by atoms with E-state index in [0.717, 1.165) is 15.0 Å². The van der Waals surface area contributed by atoms with Crippen LogP contribution in [0.1, 0.15) is 43.0 Å². The van der Waals surface area contributed by atoms with Gasteiger partial charge in [0.15, 0.2) is 0 Å². The Labute approximate surface area is 215 Å². The predicted molar refractivity (Wildman–Crippen MR) is 127 cm³/mol. The molecule has 198 valence electrons. The number of nitrogens with zero attached hydrogens (tertiary/aromatic N) is 3. The number of carboxylic acids is 1. The summed E-state index contributed by atoms with van der Waals surface area (Å²) in [7, 11) is 0. The van der Waals surface area contributed by atoms with Crippen molar-refractivity contribution >= 4 is 59.2 Å². The number of amides is 6. The van der Waals surface area contributed by atoms with Gasteiger partial charge in [-0.05, 0) is 31.0 Å². The van der Waals surface area contributed by atoms with Crippen LogP contribution in [0.2, 0.25) is 5.02 Å². The quantitative estimate of drug-likeness (QED) is 0.338. The monoisotopic (exact) mass is 536 g/mol. The van der Waals surface area contributed by atoms with Gasteiger partial charge in [-0.25, -0.2) is 19.8 Å². The van der Waals surface area contributed by atoms with E-state index in [-0.39, 0.29) is 54.4 Å². The van der Waals surface area contributed by atoms with Crippen LogP contribution in [-0.4, -0.2) is 87.2 Å². The molecule has 14 nitrogen and oxygen atoms in total. The van der Waals surface area contributed by atoms with Gasteiger partial charge < -0.3 is 20.5 Å². The highest BCUT2D eigenvalue weighted by molar-refractivity contribution is 6.34. The molecular weight excluding hydrogens is 512 g/mol. The van der Waals surface area contributed by atoms with Crippen LogP contribution in [0.3, 0.4) is 0 Å². The molecule has 0 aliphatic carbocycles. The van der Waals surface area contributed by atoms with E-state index in [2.05, 4.69) is 16.1 Å². The fourth-order valence-corrected chi connectivity index (χ4v) is 4.18. The maximum atomic E-state index is 13.4. The highest BCUT2D eigenvalue weighted by Gasteiger charge is 2.44. The van der Waals surface area contributed by atoms with Gasteiger partial charge >= 0.3 is 12.0 Å². The second-order valence-electron chi connectivity index (χ2n) is 8.37. The van der Waals surface area contributed by atoms with Gasteiger partial charge in [0.2, 0.25) is 17.7 Å². The van der Waals surface area contributed by atoms with Crippen molar-refractivity contribution in [2.24, 2.45) is 0 Å². The number of urea groups is 1. The van der Waals surface area contributed by atoms with E-state index < -0.39 is 48.2 Å². The molecule has 37 heavy (non-hydrogen) atoms. The van der Waals surface area contributed by atoms with Crippen LogP contribution in [0.4, 0.5) is 10.5 Å². The molecule has 2 fully saturated rings. The lowest BCUT2D eigenvalue weighted by Crippen LogP contribution is -2.64. The molecule has 0 spiro atoms. The first-order valence-corrected chi connectivity index (χ1v) is 11.7. The number of benzene rings is 1. The van der Waals surface area contributed by atoms with Crippen molar-refractivity contribution in [1.29, 1.82) is 0 Å². The Morgan fingerprint density at radius 3 is 2.57 bits per heavy atom. The zero-order valence-corrected chi connectivity index (χ0v) is 20.5. The van der Waals surface area contributed by atoms with Crippen LogP contribution < -0.4 is 16.1 Å². The first-order valence-electron chi connectivity index (χ1n) is 11.3. The molecule has 0 saturated carbocycles. The predicted octanol–water partition coefficient (Wildman–Crippen LogP) is 0.135. The molecule has 3 rings (SSSR count). The Bertz CT molecular complexity index is 1140. The summed E-state index contributed by atoms with van der Waals surface area (Å²) in [6.07, 6.45) is 0.00175. The van der Waals surface area contributed by atoms with Crippen LogP contribution in [0.5, 0.6) is 0 Å². The first kappa shape index (κ1) is 27.4. The number of aldehydes is 1. The lowest BCUT2D eigenvalue weighted by atomic mass is 10.1. The first-order chi connectivity index (χ1) is 17.5. The molecule has 1 aromatic carbocycles. The zero-order valence-electron chi connectivity index (χ0n) is 19.7. The van der Waals surface area contributed by atoms with Gasteiger partial charge in [-0.3, -0.25) is 29.4 Å².